The SMILES string of the molecule is Nc1ccc(OCCO)c(-n2nnnc2C2CC2)c1. The highest BCUT2D eigenvalue weighted by molar-refractivity contribution is 5.56. The first-order valence-corrected chi connectivity index (χ1v) is 6.21. The Hall–Kier alpha value is -2.15. The van der Waals surface area contributed by atoms with Gasteiger partial charge in [0, 0.05) is 11.6 Å². The van der Waals surface area contributed by atoms with E-state index in [1.54, 1.807) is 22.9 Å². The molecule has 2 aromatic rings. The highest BCUT2D eigenvalue weighted by Crippen LogP contribution is 2.40. The molecule has 7 nitrogen and oxygen atoms in total. The molecule has 0 bridgehead atoms. The maximum Gasteiger partial charge on any atom is 0.159 e. The van der Waals surface area contributed by atoms with Crippen LogP contribution in [0.3, 0.4) is 0 Å². The molecule has 7 heteroatoms. The zero-order chi connectivity index (χ0) is 13.2. The summed E-state index contributed by atoms with van der Waals surface area (Å²) in [5.41, 5.74) is 7.14. The number of aliphatic hydroxyl groups is 1. The lowest BCUT2D eigenvalue weighted by Gasteiger charge is -2.12. The van der Waals surface area contributed by atoms with Crippen LogP contribution >= 0.6 is 0 Å². The van der Waals surface area contributed by atoms with E-state index in [0.29, 0.717) is 23.0 Å². The monoisotopic (exact) mass is 261 g/mol. The second-order valence-corrected chi connectivity index (χ2v) is 4.52. The molecule has 1 heterocycles. The minimum atomic E-state index is -0.0467. The van der Waals surface area contributed by atoms with Crippen molar-refractivity contribution in [3.8, 4) is 11.4 Å². The van der Waals surface area contributed by atoms with Gasteiger partial charge in [-0.15, -0.1) is 5.10 Å². The fraction of sp³-hybridized carbons (Fsp3) is 0.417. The Morgan fingerprint density at radius 3 is 3.00 bits per heavy atom. The lowest BCUT2D eigenvalue weighted by Crippen LogP contribution is -2.08. The number of nitrogen functional groups attached to an aromatic ring is 1. The van der Waals surface area contributed by atoms with Crippen LogP contribution in [-0.4, -0.2) is 38.5 Å². The number of hydrogen-bond donors (Lipinski definition) is 2. The standard InChI is InChI=1S/C12H15N5O2/c13-9-3-4-11(19-6-5-18)10(7-9)17-12(8-1-2-8)14-15-16-17/h3-4,7-8,18H,1-2,5-6,13H2. The predicted molar refractivity (Wildman–Crippen MR) is 68.1 cm³/mol. The molecule has 1 aliphatic carbocycles. The van der Waals surface area contributed by atoms with Gasteiger partial charge < -0.3 is 15.6 Å². The van der Waals surface area contributed by atoms with Crippen molar-refractivity contribution in [3.63, 3.8) is 0 Å². The molecule has 3 N–H and O–H groups in total. The highest BCUT2D eigenvalue weighted by atomic mass is 16.5. The summed E-state index contributed by atoms with van der Waals surface area (Å²) in [6.07, 6.45) is 2.21. The van der Waals surface area contributed by atoms with Gasteiger partial charge in [0.25, 0.3) is 0 Å². The summed E-state index contributed by atoms with van der Waals surface area (Å²) in [6, 6.07) is 5.28. The van der Waals surface area contributed by atoms with Crippen molar-refractivity contribution in [2.75, 3.05) is 18.9 Å². The lowest BCUT2D eigenvalue weighted by atomic mass is 10.2. The van der Waals surface area contributed by atoms with E-state index in [4.69, 9.17) is 15.6 Å². The van der Waals surface area contributed by atoms with Gasteiger partial charge in [0.1, 0.15) is 18.0 Å². The molecule has 0 spiro atoms. The van der Waals surface area contributed by atoms with Crippen LogP contribution in [0.25, 0.3) is 5.69 Å². The summed E-state index contributed by atoms with van der Waals surface area (Å²) in [7, 11) is 0. The summed E-state index contributed by atoms with van der Waals surface area (Å²) >= 11 is 0. The predicted octanol–water partition coefficient (Wildman–Crippen LogP) is 0.493. The number of tetrazole rings is 1. The fourth-order valence-corrected chi connectivity index (χ4v) is 1.94. The number of aromatic nitrogens is 4. The van der Waals surface area contributed by atoms with Crippen molar-refractivity contribution in [1.29, 1.82) is 0 Å². The molecule has 100 valence electrons. The molecule has 0 aliphatic heterocycles. The molecule has 0 saturated heterocycles. The molecule has 0 radical (unpaired) electrons. The van der Waals surface area contributed by atoms with Crippen LogP contribution in [-0.2, 0) is 0 Å². The third-order valence-corrected chi connectivity index (χ3v) is 3.00. The quantitative estimate of drug-likeness (QED) is 0.760. The zero-order valence-corrected chi connectivity index (χ0v) is 10.4. The van der Waals surface area contributed by atoms with Crippen molar-refractivity contribution in [3.05, 3.63) is 24.0 Å². The Morgan fingerprint density at radius 2 is 2.26 bits per heavy atom. The number of ether oxygens (including phenoxy) is 1. The molecular weight excluding hydrogens is 246 g/mol. The second kappa shape index (κ2) is 4.85. The summed E-state index contributed by atoms with van der Waals surface area (Å²) in [5.74, 6) is 1.86. The second-order valence-electron chi connectivity index (χ2n) is 4.52. The van der Waals surface area contributed by atoms with E-state index in [1.165, 1.54) is 0 Å². The molecule has 0 unspecified atom stereocenters. The van der Waals surface area contributed by atoms with E-state index in [9.17, 15) is 0 Å². The molecule has 0 amide bonds. The van der Waals surface area contributed by atoms with Gasteiger partial charge in [-0.05, 0) is 41.5 Å². The maximum atomic E-state index is 8.86. The molecule has 1 fully saturated rings. The van der Waals surface area contributed by atoms with Crippen LogP contribution in [0.1, 0.15) is 24.6 Å². The number of aliphatic hydroxyl groups excluding tert-OH is 1. The van der Waals surface area contributed by atoms with Crippen LogP contribution in [0.2, 0.25) is 0 Å². The first-order valence-electron chi connectivity index (χ1n) is 6.21. The molecule has 0 atom stereocenters. The normalized spacial score (nSPS) is 14.6. The number of nitrogens with two attached hydrogens (primary N) is 1. The number of benzene rings is 1. The number of anilines is 1. The van der Waals surface area contributed by atoms with E-state index in [1.807, 2.05) is 0 Å². The minimum Gasteiger partial charge on any atom is -0.489 e. The molecule has 1 saturated carbocycles. The Labute approximate surface area is 110 Å². The third-order valence-electron chi connectivity index (χ3n) is 3.00. The molecule has 19 heavy (non-hydrogen) atoms. The maximum absolute atomic E-state index is 8.86. The van der Waals surface area contributed by atoms with Crippen LogP contribution in [0.15, 0.2) is 18.2 Å². The minimum absolute atomic E-state index is 0.0467. The van der Waals surface area contributed by atoms with Crippen molar-refractivity contribution >= 4 is 5.69 Å². The fourth-order valence-electron chi connectivity index (χ4n) is 1.94. The summed E-state index contributed by atoms with van der Waals surface area (Å²) in [4.78, 5) is 0. The van der Waals surface area contributed by atoms with Gasteiger partial charge in [0.2, 0.25) is 0 Å². The lowest BCUT2D eigenvalue weighted by molar-refractivity contribution is 0.201. The van der Waals surface area contributed by atoms with Gasteiger partial charge in [-0.3, -0.25) is 0 Å². The molecule has 1 aliphatic rings. The number of nitrogens with zero attached hydrogens (tertiary/aromatic N) is 4. The van der Waals surface area contributed by atoms with Crippen molar-refractivity contribution in [2.24, 2.45) is 0 Å². The van der Waals surface area contributed by atoms with Crippen LogP contribution in [0.5, 0.6) is 5.75 Å². The van der Waals surface area contributed by atoms with Gasteiger partial charge in [-0.1, -0.05) is 0 Å². The summed E-state index contributed by atoms with van der Waals surface area (Å²) in [5, 5.41) is 20.7. The van der Waals surface area contributed by atoms with Crippen LogP contribution in [0.4, 0.5) is 5.69 Å². The van der Waals surface area contributed by atoms with Crippen LogP contribution < -0.4 is 10.5 Å². The highest BCUT2D eigenvalue weighted by Gasteiger charge is 2.30. The Bertz CT molecular complexity index is 579. The topological polar surface area (TPSA) is 99.1 Å². The molecule has 3 rings (SSSR count). The van der Waals surface area contributed by atoms with E-state index in [2.05, 4.69) is 15.5 Å². The van der Waals surface area contributed by atoms with Crippen molar-refractivity contribution < 1.29 is 9.84 Å². The Balaban J connectivity index is 2.01. The zero-order valence-electron chi connectivity index (χ0n) is 10.4. The summed E-state index contributed by atoms with van der Waals surface area (Å²) in [6.45, 7) is 0.173. The van der Waals surface area contributed by atoms with Gasteiger partial charge >= 0.3 is 0 Å². The van der Waals surface area contributed by atoms with E-state index in [0.717, 1.165) is 18.7 Å². The Kier molecular flexibility index (Phi) is 3.04. The largest absolute Gasteiger partial charge is 0.489 e. The van der Waals surface area contributed by atoms with Crippen molar-refractivity contribution in [1.82, 2.24) is 20.2 Å². The van der Waals surface area contributed by atoms with Gasteiger partial charge in [-0.2, -0.15) is 4.68 Å². The first-order chi connectivity index (χ1) is 9.29. The van der Waals surface area contributed by atoms with E-state index < -0.39 is 0 Å². The van der Waals surface area contributed by atoms with Crippen molar-refractivity contribution in [2.45, 2.75) is 18.8 Å². The number of hydrogen-bond acceptors (Lipinski definition) is 6. The summed E-state index contributed by atoms with van der Waals surface area (Å²) < 4.78 is 7.17. The Morgan fingerprint density at radius 1 is 1.42 bits per heavy atom. The molecule has 1 aromatic carbocycles. The molecule has 1 aromatic heterocycles. The third kappa shape index (κ3) is 2.37. The van der Waals surface area contributed by atoms with E-state index in [-0.39, 0.29) is 13.2 Å². The van der Waals surface area contributed by atoms with E-state index >= 15 is 0 Å². The van der Waals surface area contributed by atoms with Crippen LogP contribution in [0, 0.1) is 0 Å². The molecular formula is C12H15N5O2. The van der Waals surface area contributed by atoms with Gasteiger partial charge in [0.05, 0.1) is 6.61 Å². The average Bonchev–Trinajstić information content (AvgIpc) is 3.15. The van der Waals surface area contributed by atoms with Gasteiger partial charge in [0.15, 0.2) is 5.82 Å². The number of rotatable bonds is 5. The smallest absolute Gasteiger partial charge is 0.159 e. The van der Waals surface area contributed by atoms with Gasteiger partial charge in [-0.25, -0.2) is 0 Å². The average molecular weight is 261 g/mol. The first kappa shape index (κ1) is 11.9.